The Balaban J connectivity index is 2.79. The van der Waals surface area contributed by atoms with Gasteiger partial charge in [0.25, 0.3) is 0 Å². The molecule has 1 amide bonds. The number of primary amides is 1. The van der Waals surface area contributed by atoms with Gasteiger partial charge in [-0.05, 0) is 18.5 Å². The Morgan fingerprint density at radius 3 is 2.43 bits per heavy atom. The van der Waals surface area contributed by atoms with E-state index in [0.29, 0.717) is 0 Å². The standard InChI is InChI=1S/C7H7BF3N2O/c9-8(10,11)3-6-2-1-5(4-13-6)7(12)14/h1-2,4H,3H2,(H2,12,14)/q-1. The molecule has 1 aromatic rings. The molecule has 1 aromatic heterocycles. The van der Waals surface area contributed by atoms with E-state index in [4.69, 9.17) is 5.73 Å². The molecule has 0 aliphatic carbocycles. The largest absolute Gasteiger partial charge is 0.484 e. The summed E-state index contributed by atoms with van der Waals surface area (Å²) in [5, 5.41) is 0. The number of hydrogen-bond acceptors (Lipinski definition) is 2. The maximum Gasteiger partial charge on any atom is 0.484 e. The zero-order valence-electron chi connectivity index (χ0n) is 7.08. The van der Waals surface area contributed by atoms with Crippen LogP contribution in [-0.4, -0.2) is 17.9 Å². The highest BCUT2D eigenvalue weighted by atomic mass is 19.4. The molecule has 0 aromatic carbocycles. The van der Waals surface area contributed by atoms with Crippen LogP contribution in [-0.2, 0) is 6.32 Å². The van der Waals surface area contributed by atoms with E-state index in [9.17, 15) is 17.7 Å². The minimum atomic E-state index is -4.89. The zero-order valence-corrected chi connectivity index (χ0v) is 7.08. The Morgan fingerprint density at radius 1 is 1.43 bits per heavy atom. The van der Waals surface area contributed by atoms with Crippen molar-refractivity contribution in [1.29, 1.82) is 0 Å². The van der Waals surface area contributed by atoms with Gasteiger partial charge in [-0.15, -0.1) is 0 Å². The van der Waals surface area contributed by atoms with Gasteiger partial charge in [0.1, 0.15) is 0 Å². The summed E-state index contributed by atoms with van der Waals surface area (Å²) in [4.78, 5) is 14.0. The second kappa shape index (κ2) is 3.69. The second-order valence-corrected chi connectivity index (χ2v) is 2.82. The summed E-state index contributed by atoms with van der Waals surface area (Å²) in [7, 11) is 0. The second-order valence-electron chi connectivity index (χ2n) is 2.82. The van der Waals surface area contributed by atoms with Crippen molar-refractivity contribution in [2.45, 2.75) is 6.32 Å². The van der Waals surface area contributed by atoms with Crippen LogP contribution >= 0.6 is 0 Å². The molecular formula is C7H7BF3N2O-. The molecule has 0 saturated carbocycles. The third-order valence-electron chi connectivity index (χ3n) is 1.55. The Labute approximate surface area is 78.2 Å². The normalized spacial score (nSPS) is 11.4. The van der Waals surface area contributed by atoms with Crippen molar-refractivity contribution in [3.8, 4) is 0 Å². The molecule has 3 nitrogen and oxygen atoms in total. The Kier molecular flexibility index (Phi) is 2.78. The number of amides is 1. The number of carbonyl (C=O) groups excluding carboxylic acids is 1. The lowest BCUT2D eigenvalue weighted by atomic mass is 9.84. The molecule has 0 radical (unpaired) electrons. The van der Waals surface area contributed by atoms with E-state index < -0.39 is 19.2 Å². The van der Waals surface area contributed by atoms with Crippen molar-refractivity contribution in [3.05, 3.63) is 29.6 Å². The SMILES string of the molecule is NC(=O)c1ccc(C[B-](F)(F)F)nc1. The van der Waals surface area contributed by atoms with Crippen molar-refractivity contribution in [3.63, 3.8) is 0 Å². The first kappa shape index (κ1) is 10.6. The summed E-state index contributed by atoms with van der Waals surface area (Å²) >= 11 is 0. The Hall–Kier alpha value is -1.53. The van der Waals surface area contributed by atoms with Gasteiger partial charge in [0.05, 0.1) is 5.56 Å². The fourth-order valence-electron chi connectivity index (χ4n) is 0.928. The first-order chi connectivity index (χ1) is 6.38. The Bertz CT molecular complexity index is 336. The smallest absolute Gasteiger partial charge is 0.449 e. The number of aromatic nitrogens is 1. The van der Waals surface area contributed by atoms with E-state index in [1.165, 1.54) is 6.07 Å². The fraction of sp³-hybridized carbons (Fsp3) is 0.143. The number of carbonyl (C=O) groups is 1. The fourth-order valence-corrected chi connectivity index (χ4v) is 0.928. The molecule has 0 aliphatic rings. The molecule has 0 aliphatic heterocycles. The summed E-state index contributed by atoms with van der Waals surface area (Å²) in [6.07, 6.45) is -0.00146. The first-order valence-corrected chi connectivity index (χ1v) is 3.84. The van der Waals surface area contributed by atoms with Crippen molar-refractivity contribution in [1.82, 2.24) is 4.98 Å². The predicted molar refractivity (Wildman–Crippen MR) is 45.5 cm³/mol. The molecule has 2 N–H and O–H groups in total. The average molecular weight is 203 g/mol. The van der Waals surface area contributed by atoms with E-state index in [2.05, 4.69) is 4.98 Å². The van der Waals surface area contributed by atoms with Gasteiger partial charge in [0.15, 0.2) is 0 Å². The molecule has 0 spiro atoms. The van der Waals surface area contributed by atoms with Gasteiger partial charge in [-0.2, -0.15) is 0 Å². The van der Waals surface area contributed by atoms with Crippen LogP contribution in [0.25, 0.3) is 0 Å². The van der Waals surface area contributed by atoms with Crippen LogP contribution in [0.4, 0.5) is 12.9 Å². The zero-order chi connectivity index (χ0) is 10.8. The van der Waals surface area contributed by atoms with Crippen molar-refractivity contribution in [2.24, 2.45) is 5.73 Å². The lowest BCUT2D eigenvalue weighted by Crippen LogP contribution is -2.20. The third-order valence-corrected chi connectivity index (χ3v) is 1.55. The summed E-state index contributed by atoms with van der Waals surface area (Å²) in [6, 6.07) is 2.38. The average Bonchev–Trinajstić information content (AvgIpc) is 2.02. The van der Waals surface area contributed by atoms with Crippen LogP contribution < -0.4 is 5.73 Å². The van der Waals surface area contributed by atoms with Gasteiger partial charge < -0.3 is 18.7 Å². The summed E-state index contributed by atoms with van der Waals surface area (Å²) < 4.78 is 35.8. The summed E-state index contributed by atoms with van der Waals surface area (Å²) in [5.74, 6) is -0.707. The quantitative estimate of drug-likeness (QED) is 0.748. The highest BCUT2D eigenvalue weighted by molar-refractivity contribution is 6.57. The van der Waals surface area contributed by atoms with Gasteiger partial charge >= 0.3 is 6.98 Å². The highest BCUT2D eigenvalue weighted by Crippen LogP contribution is 2.14. The Morgan fingerprint density at radius 2 is 2.07 bits per heavy atom. The molecular weight excluding hydrogens is 196 g/mol. The number of halogens is 3. The molecule has 0 unspecified atom stereocenters. The summed E-state index contributed by atoms with van der Waals surface area (Å²) in [6.45, 7) is -4.89. The van der Waals surface area contributed by atoms with Gasteiger partial charge in [0, 0.05) is 11.9 Å². The van der Waals surface area contributed by atoms with E-state index in [1.54, 1.807) is 0 Å². The molecule has 14 heavy (non-hydrogen) atoms. The van der Waals surface area contributed by atoms with Crippen LogP contribution in [0.5, 0.6) is 0 Å². The topological polar surface area (TPSA) is 56.0 Å². The van der Waals surface area contributed by atoms with E-state index in [-0.39, 0.29) is 11.3 Å². The molecule has 1 rings (SSSR count). The molecule has 76 valence electrons. The number of pyridine rings is 1. The maximum atomic E-state index is 11.9. The maximum absolute atomic E-state index is 11.9. The molecule has 1 heterocycles. The predicted octanol–water partition coefficient (Wildman–Crippen LogP) is 1.11. The first-order valence-electron chi connectivity index (χ1n) is 3.84. The minimum absolute atomic E-state index is 0.100. The molecule has 0 saturated heterocycles. The monoisotopic (exact) mass is 203 g/mol. The molecule has 7 heteroatoms. The van der Waals surface area contributed by atoms with E-state index in [0.717, 1.165) is 12.3 Å². The van der Waals surface area contributed by atoms with Crippen LogP contribution in [0.1, 0.15) is 16.1 Å². The summed E-state index contributed by atoms with van der Waals surface area (Å²) in [5.41, 5.74) is 4.89. The van der Waals surface area contributed by atoms with Crippen molar-refractivity contribution in [2.75, 3.05) is 0 Å². The number of hydrogen-bond donors (Lipinski definition) is 1. The van der Waals surface area contributed by atoms with Crippen LogP contribution in [0, 0.1) is 0 Å². The van der Waals surface area contributed by atoms with Gasteiger partial charge in [-0.1, -0.05) is 0 Å². The third kappa shape index (κ3) is 3.08. The van der Waals surface area contributed by atoms with Gasteiger partial charge in [0.2, 0.25) is 5.91 Å². The van der Waals surface area contributed by atoms with Crippen LogP contribution in [0.15, 0.2) is 18.3 Å². The molecule has 0 fully saturated rings. The number of nitrogens with zero attached hydrogens (tertiary/aromatic N) is 1. The van der Waals surface area contributed by atoms with E-state index >= 15 is 0 Å². The van der Waals surface area contributed by atoms with Crippen molar-refractivity contribution >= 4 is 12.9 Å². The van der Waals surface area contributed by atoms with Gasteiger partial charge in [-0.3, -0.25) is 9.78 Å². The van der Waals surface area contributed by atoms with Crippen molar-refractivity contribution < 1.29 is 17.7 Å². The number of nitrogens with two attached hydrogens (primary N) is 1. The van der Waals surface area contributed by atoms with Crippen LogP contribution in [0.2, 0.25) is 0 Å². The van der Waals surface area contributed by atoms with Gasteiger partial charge in [-0.25, -0.2) is 0 Å². The van der Waals surface area contributed by atoms with E-state index in [1.807, 2.05) is 0 Å². The highest BCUT2D eigenvalue weighted by Gasteiger charge is 2.23. The molecule has 0 bridgehead atoms. The lowest BCUT2D eigenvalue weighted by Gasteiger charge is -2.12. The van der Waals surface area contributed by atoms with Crippen LogP contribution in [0.3, 0.4) is 0 Å². The molecule has 0 atom stereocenters. The minimum Gasteiger partial charge on any atom is -0.449 e. The lowest BCUT2D eigenvalue weighted by molar-refractivity contribution is 0.1000. The number of rotatable bonds is 3.